The Hall–Kier alpha value is -1.91. The predicted octanol–water partition coefficient (Wildman–Crippen LogP) is 3.52. The highest BCUT2D eigenvalue weighted by Gasteiger charge is 2.53. The fourth-order valence-corrected chi connectivity index (χ4v) is 2.90. The molecular weight excluding hydrogens is 292 g/mol. The van der Waals surface area contributed by atoms with Gasteiger partial charge in [-0.25, -0.2) is 4.79 Å². The summed E-state index contributed by atoms with van der Waals surface area (Å²) in [5, 5.41) is 0. The minimum atomic E-state index is -1.24. The SMILES string of the molecule is C=CCC1(C/C=C/CCCCCC)C(=O)N(C)C(=O)N(C)C1=O. The maximum absolute atomic E-state index is 12.6. The summed E-state index contributed by atoms with van der Waals surface area (Å²) in [5.74, 6) is -0.887. The number of rotatable bonds is 9. The van der Waals surface area contributed by atoms with E-state index >= 15 is 0 Å². The van der Waals surface area contributed by atoms with Crippen molar-refractivity contribution in [2.45, 2.75) is 51.9 Å². The first kappa shape index (κ1) is 19.1. The third-order valence-corrected chi connectivity index (χ3v) is 4.35. The molecule has 0 bridgehead atoms. The van der Waals surface area contributed by atoms with Crippen LogP contribution in [-0.4, -0.2) is 41.7 Å². The monoisotopic (exact) mass is 320 g/mol. The zero-order valence-corrected chi connectivity index (χ0v) is 14.5. The van der Waals surface area contributed by atoms with Gasteiger partial charge in [-0.05, 0) is 25.7 Å². The molecule has 1 heterocycles. The number of barbiturate groups is 1. The van der Waals surface area contributed by atoms with Gasteiger partial charge in [0.15, 0.2) is 0 Å². The number of unbranched alkanes of at least 4 members (excludes halogenated alkanes) is 4. The number of carbonyl (C=O) groups is 3. The molecule has 1 aliphatic rings. The van der Waals surface area contributed by atoms with Crippen LogP contribution >= 0.6 is 0 Å². The fourth-order valence-electron chi connectivity index (χ4n) is 2.90. The van der Waals surface area contributed by atoms with E-state index < -0.39 is 23.3 Å². The van der Waals surface area contributed by atoms with Crippen molar-refractivity contribution in [1.82, 2.24) is 9.80 Å². The summed E-state index contributed by atoms with van der Waals surface area (Å²) < 4.78 is 0. The van der Waals surface area contributed by atoms with E-state index in [1.807, 2.05) is 12.2 Å². The second-order valence-electron chi connectivity index (χ2n) is 6.11. The zero-order valence-electron chi connectivity index (χ0n) is 14.5. The lowest BCUT2D eigenvalue weighted by Crippen LogP contribution is -2.62. The third-order valence-electron chi connectivity index (χ3n) is 4.35. The lowest BCUT2D eigenvalue weighted by atomic mass is 9.77. The van der Waals surface area contributed by atoms with Gasteiger partial charge in [-0.1, -0.05) is 44.4 Å². The molecule has 5 heteroatoms. The Bertz CT molecular complexity index is 472. The van der Waals surface area contributed by atoms with E-state index in [0.29, 0.717) is 6.42 Å². The van der Waals surface area contributed by atoms with Crippen LogP contribution in [0.15, 0.2) is 24.8 Å². The minimum absolute atomic E-state index is 0.229. The maximum atomic E-state index is 12.6. The van der Waals surface area contributed by atoms with Crippen LogP contribution in [0.25, 0.3) is 0 Å². The normalized spacial score (nSPS) is 18.1. The quantitative estimate of drug-likeness (QED) is 0.371. The lowest BCUT2D eigenvalue weighted by molar-refractivity contribution is -0.156. The second-order valence-corrected chi connectivity index (χ2v) is 6.11. The van der Waals surface area contributed by atoms with Gasteiger partial charge in [0.2, 0.25) is 11.8 Å². The molecule has 0 N–H and O–H groups in total. The van der Waals surface area contributed by atoms with Gasteiger partial charge in [-0.3, -0.25) is 19.4 Å². The number of urea groups is 1. The van der Waals surface area contributed by atoms with Crippen molar-refractivity contribution in [2.24, 2.45) is 5.41 Å². The van der Waals surface area contributed by atoms with Gasteiger partial charge >= 0.3 is 6.03 Å². The van der Waals surface area contributed by atoms with Crippen LogP contribution in [-0.2, 0) is 9.59 Å². The van der Waals surface area contributed by atoms with Gasteiger partial charge in [-0.2, -0.15) is 0 Å². The van der Waals surface area contributed by atoms with E-state index in [-0.39, 0.29) is 6.42 Å². The molecular formula is C18H28N2O3. The maximum Gasteiger partial charge on any atom is 0.332 e. The van der Waals surface area contributed by atoms with Gasteiger partial charge < -0.3 is 0 Å². The van der Waals surface area contributed by atoms with Crippen LogP contribution in [0.1, 0.15) is 51.9 Å². The number of imide groups is 2. The van der Waals surface area contributed by atoms with E-state index in [1.165, 1.54) is 33.4 Å². The first-order valence-electron chi connectivity index (χ1n) is 8.28. The van der Waals surface area contributed by atoms with Gasteiger partial charge in [0.1, 0.15) is 5.41 Å². The first-order chi connectivity index (χ1) is 10.9. The summed E-state index contributed by atoms with van der Waals surface area (Å²) >= 11 is 0. The molecule has 128 valence electrons. The highest BCUT2D eigenvalue weighted by atomic mass is 16.2. The smallest absolute Gasteiger partial charge is 0.273 e. The molecule has 23 heavy (non-hydrogen) atoms. The van der Waals surface area contributed by atoms with Crippen LogP contribution in [0.2, 0.25) is 0 Å². The Balaban J connectivity index is 2.83. The second kappa shape index (κ2) is 8.65. The van der Waals surface area contributed by atoms with Crippen LogP contribution < -0.4 is 0 Å². The third kappa shape index (κ3) is 4.09. The molecule has 4 amide bonds. The highest BCUT2D eigenvalue weighted by molar-refractivity contribution is 6.18. The van der Waals surface area contributed by atoms with Gasteiger partial charge in [0.05, 0.1) is 0 Å². The van der Waals surface area contributed by atoms with Gasteiger partial charge in [0, 0.05) is 14.1 Å². The van der Waals surface area contributed by atoms with Crippen LogP contribution in [0.4, 0.5) is 4.79 Å². The van der Waals surface area contributed by atoms with Crippen molar-refractivity contribution < 1.29 is 14.4 Å². The molecule has 1 saturated heterocycles. The summed E-state index contributed by atoms with van der Waals surface area (Å²) in [6, 6.07) is -0.580. The summed E-state index contributed by atoms with van der Waals surface area (Å²) in [7, 11) is 2.83. The first-order valence-corrected chi connectivity index (χ1v) is 8.28. The van der Waals surface area contributed by atoms with Crippen molar-refractivity contribution in [1.29, 1.82) is 0 Å². The van der Waals surface area contributed by atoms with E-state index in [1.54, 1.807) is 6.08 Å². The molecule has 1 fully saturated rings. The highest BCUT2D eigenvalue weighted by Crippen LogP contribution is 2.36. The van der Waals surface area contributed by atoms with Gasteiger partial charge in [-0.15, -0.1) is 6.58 Å². The van der Waals surface area contributed by atoms with E-state index in [0.717, 1.165) is 22.6 Å². The fraction of sp³-hybridized carbons (Fsp3) is 0.611. The molecule has 0 unspecified atom stereocenters. The number of hydrogen-bond donors (Lipinski definition) is 0. The Morgan fingerprint density at radius 3 is 2.09 bits per heavy atom. The lowest BCUT2D eigenvalue weighted by Gasteiger charge is -2.40. The molecule has 0 atom stereocenters. The van der Waals surface area contributed by atoms with Crippen LogP contribution in [0.5, 0.6) is 0 Å². The molecule has 0 aromatic carbocycles. The Labute approximate surface area is 139 Å². The van der Waals surface area contributed by atoms with Crippen LogP contribution in [0.3, 0.4) is 0 Å². The van der Waals surface area contributed by atoms with Gasteiger partial charge in [0.25, 0.3) is 0 Å². The topological polar surface area (TPSA) is 57.7 Å². The molecule has 0 saturated carbocycles. The standard InChI is InChI=1S/C18H28N2O3/c1-5-7-8-9-10-11-12-14-18(13-6-2)15(21)19(3)17(23)20(4)16(18)22/h6,11-12H,2,5,7-10,13-14H2,1,3-4H3/b12-11+. The van der Waals surface area contributed by atoms with Crippen molar-refractivity contribution in [3.8, 4) is 0 Å². The van der Waals surface area contributed by atoms with Crippen molar-refractivity contribution in [2.75, 3.05) is 14.1 Å². The average molecular weight is 320 g/mol. The molecule has 1 rings (SSSR count). The molecule has 0 radical (unpaired) electrons. The summed E-state index contributed by atoms with van der Waals surface area (Å²) in [5.41, 5.74) is -1.24. The zero-order chi connectivity index (χ0) is 17.5. The number of amides is 4. The summed E-state index contributed by atoms with van der Waals surface area (Å²) in [6.07, 6.45) is 11.7. The molecule has 0 spiro atoms. The Kier molecular flexibility index (Phi) is 7.20. The number of allylic oxidation sites excluding steroid dienone is 3. The molecule has 5 nitrogen and oxygen atoms in total. The minimum Gasteiger partial charge on any atom is -0.273 e. The summed E-state index contributed by atoms with van der Waals surface area (Å²) in [4.78, 5) is 39.1. The van der Waals surface area contributed by atoms with E-state index in [9.17, 15) is 14.4 Å². The molecule has 0 aromatic rings. The average Bonchev–Trinajstić information content (AvgIpc) is 2.55. The Morgan fingerprint density at radius 1 is 0.957 bits per heavy atom. The van der Waals surface area contributed by atoms with E-state index in [2.05, 4.69) is 13.5 Å². The van der Waals surface area contributed by atoms with Crippen LogP contribution in [0, 0.1) is 5.41 Å². The number of nitrogens with zero attached hydrogens (tertiary/aromatic N) is 2. The predicted molar refractivity (Wildman–Crippen MR) is 90.7 cm³/mol. The van der Waals surface area contributed by atoms with Crippen molar-refractivity contribution >= 4 is 17.8 Å². The summed E-state index contributed by atoms with van der Waals surface area (Å²) in [6.45, 7) is 5.84. The number of hydrogen-bond acceptors (Lipinski definition) is 3. The Morgan fingerprint density at radius 2 is 1.57 bits per heavy atom. The van der Waals surface area contributed by atoms with E-state index in [4.69, 9.17) is 0 Å². The number of carbonyl (C=O) groups excluding carboxylic acids is 3. The molecule has 1 aliphatic heterocycles. The van der Waals surface area contributed by atoms with Crippen molar-refractivity contribution in [3.63, 3.8) is 0 Å². The molecule has 0 aromatic heterocycles. The largest absolute Gasteiger partial charge is 0.332 e. The molecule has 0 aliphatic carbocycles. The van der Waals surface area contributed by atoms with Crippen molar-refractivity contribution in [3.05, 3.63) is 24.8 Å².